The zero-order valence-electron chi connectivity index (χ0n) is 12.2. The van der Waals surface area contributed by atoms with Crippen molar-refractivity contribution in [1.29, 1.82) is 0 Å². The Balaban J connectivity index is 2.07. The van der Waals surface area contributed by atoms with Crippen LogP contribution in [-0.4, -0.2) is 30.1 Å². The molecule has 0 spiro atoms. The van der Waals surface area contributed by atoms with Gasteiger partial charge in [-0.25, -0.2) is 4.79 Å². The van der Waals surface area contributed by atoms with Crippen molar-refractivity contribution in [2.75, 3.05) is 13.6 Å². The van der Waals surface area contributed by atoms with Crippen molar-refractivity contribution >= 4 is 6.09 Å². The first kappa shape index (κ1) is 14.9. The quantitative estimate of drug-likeness (QED) is 0.863. The summed E-state index contributed by atoms with van der Waals surface area (Å²) in [6.45, 7) is 0.493. The van der Waals surface area contributed by atoms with E-state index in [1.54, 1.807) is 17.0 Å². The van der Waals surface area contributed by atoms with E-state index in [-0.39, 0.29) is 11.6 Å². The van der Waals surface area contributed by atoms with Crippen molar-refractivity contribution in [1.82, 2.24) is 4.90 Å². The molecule has 0 radical (unpaired) electrons. The van der Waals surface area contributed by atoms with Crippen LogP contribution in [0.3, 0.4) is 0 Å². The molecule has 4 nitrogen and oxygen atoms in total. The Kier molecular flexibility index (Phi) is 5.01. The third-order valence-electron chi connectivity index (χ3n) is 4.35. The molecule has 0 heterocycles. The Labute approximate surface area is 120 Å². The minimum Gasteiger partial charge on any atom is -0.410 e. The number of nitrogens with zero attached hydrogens (tertiary/aromatic N) is 1. The molecule has 0 aliphatic heterocycles. The van der Waals surface area contributed by atoms with Crippen molar-refractivity contribution in [3.63, 3.8) is 0 Å². The average Bonchev–Trinajstić information content (AvgIpc) is 2.74. The fourth-order valence-electron chi connectivity index (χ4n) is 2.91. The predicted octanol–water partition coefficient (Wildman–Crippen LogP) is 3.17. The van der Waals surface area contributed by atoms with Gasteiger partial charge in [-0.05, 0) is 25.0 Å². The van der Waals surface area contributed by atoms with Gasteiger partial charge in [0.1, 0.15) is 5.75 Å². The van der Waals surface area contributed by atoms with E-state index >= 15 is 0 Å². The molecule has 1 aliphatic carbocycles. The number of para-hydroxylation sites is 1. The van der Waals surface area contributed by atoms with Crippen LogP contribution in [0.5, 0.6) is 5.75 Å². The topological polar surface area (TPSA) is 55.6 Å². The summed E-state index contributed by atoms with van der Waals surface area (Å²) in [6, 6.07) is 9.18. The Morgan fingerprint density at radius 3 is 2.35 bits per heavy atom. The molecule has 2 N–H and O–H groups in total. The van der Waals surface area contributed by atoms with E-state index in [9.17, 15) is 4.79 Å². The molecule has 0 atom stereocenters. The van der Waals surface area contributed by atoms with Crippen LogP contribution in [0.4, 0.5) is 4.79 Å². The highest BCUT2D eigenvalue weighted by molar-refractivity contribution is 5.71. The minimum atomic E-state index is -0.316. The van der Waals surface area contributed by atoms with Gasteiger partial charge in [-0.2, -0.15) is 0 Å². The summed E-state index contributed by atoms with van der Waals surface area (Å²) in [5, 5.41) is 0. The Bertz CT molecular complexity index is 425. The van der Waals surface area contributed by atoms with E-state index in [2.05, 4.69) is 0 Å². The number of benzene rings is 1. The SMILES string of the molecule is CN(C(=O)Oc1ccccc1)C1(CN)CCCCCC1. The molecule has 1 aromatic rings. The highest BCUT2D eigenvalue weighted by atomic mass is 16.6. The molecule has 1 aromatic carbocycles. The Morgan fingerprint density at radius 2 is 1.80 bits per heavy atom. The summed E-state index contributed by atoms with van der Waals surface area (Å²) in [6.07, 6.45) is 6.31. The summed E-state index contributed by atoms with van der Waals surface area (Å²) >= 11 is 0. The smallest absolute Gasteiger partial charge is 0.410 e. The van der Waals surface area contributed by atoms with Crippen LogP contribution >= 0.6 is 0 Å². The van der Waals surface area contributed by atoms with Gasteiger partial charge in [0.05, 0.1) is 5.54 Å². The van der Waals surface area contributed by atoms with Crippen LogP contribution in [0, 0.1) is 0 Å². The average molecular weight is 276 g/mol. The monoisotopic (exact) mass is 276 g/mol. The summed E-state index contributed by atoms with van der Waals surface area (Å²) < 4.78 is 5.43. The van der Waals surface area contributed by atoms with Gasteiger partial charge in [-0.1, -0.05) is 43.9 Å². The molecule has 110 valence electrons. The van der Waals surface area contributed by atoms with E-state index in [0.29, 0.717) is 12.3 Å². The second-order valence-electron chi connectivity index (χ2n) is 5.58. The lowest BCUT2D eigenvalue weighted by atomic mass is 9.89. The third-order valence-corrected chi connectivity index (χ3v) is 4.35. The van der Waals surface area contributed by atoms with Gasteiger partial charge >= 0.3 is 6.09 Å². The van der Waals surface area contributed by atoms with E-state index in [1.807, 2.05) is 25.2 Å². The molecule has 1 fully saturated rings. The van der Waals surface area contributed by atoms with Crippen LogP contribution in [0.1, 0.15) is 38.5 Å². The molecule has 2 rings (SSSR count). The molecule has 20 heavy (non-hydrogen) atoms. The van der Waals surface area contributed by atoms with Crippen LogP contribution in [0.15, 0.2) is 30.3 Å². The van der Waals surface area contributed by atoms with E-state index in [4.69, 9.17) is 10.5 Å². The molecule has 1 amide bonds. The van der Waals surface area contributed by atoms with Crippen molar-refractivity contribution in [2.24, 2.45) is 5.73 Å². The molecule has 0 bridgehead atoms. The second-order valence-corrected chi connectivity index (χ2v) is 5.58. The van der Waals surface area contributed by atoms with E-state index < -0.39 is 0 Å². The van der Waals surface area contributed by atoms with Gasteiger partial charge in [-0.15, -0.1) is 0 Å². The Hall–Kier alpha value is -1.55. The first-order chi connectivity index (χ1) is 9.68. The molecule has 0 saturated heterocycles. The molecule has 1 saturated carbocycles. The highest BCUT2D eigenvalue weighted by Gasteiger charge is 2.37. The lowest BCUT2D eigenvalue weighted by Crippen LogP contribution is -2.55. The van der Waals surface area contributed by atoms with Gasteiger partial charge < -0.3 is 15.4 Å². The summed E-state index contributed by atoms with van der Waals surface area (Å²) in [7, 11) is 1.81. The van der Waals surface area contributed by atoms with Gasteiger partial charge in [0.2, 0.25) is 0 Å². The van der Waals surface area contributed by atoms with E-state index in [1.165, 1.54) is 12.8 Å². The number of hydrogen-bond donors (Lipinski definition) is 1. The molecule has 1 aliphatic rings. The summed E-state index contributed by atoms with van der Waals surface area (Å²) in [4.78, 5) is 14.0. The number of carbonyl (C=O) groups excluding carboxylic acids is 1. The summed E-state index contributed by atoms with van der Waals surface area (Å²) in [5.74, 6) is 0.574. The molecular weight excluding hydrogens is 252 g/mol. The van der Waals surface area contributed by atoms with Gasteiger partial charge in [0.25, 0.3) is 0 Å². The molecule has 0 aromatic heterocycles. The van der Waals surface area contributed by atoms with Gasteiger partial charge in [0.15, 0.2) is 0 Å². The normalized spacial score (nSPS) is 18.1. The van der Waals surface area contributed by atoms with Gasteiger partial charge in [-0.3, -0.25) is 0 Å². The lowest BCUT2D eigenvalue weighted by Gasteiger charge is -2.39. The maximum absolute atomic E-state index is 12.3. The number of amides is 1. The van der Waals surface area contributed by atoms with Crippen LogP contribution in [-0.2, 0) is 0 Å². The maximum atomic E-state index is 12.3. The number of rotatable bonds is 3. The van der Waals surface area contributed by atoms with Crippen molar-refractivity contribution in [2.45, 2.75) is 44.1 Å². The number of carbonyl (C=O) groups is 1. The number of nitrogens with two attached hydrogens (primary N) is 1. The Morgan fingerprint density at radius 1 is 1.20 bits per heavy atom. The standard InChI is InChI=1S/C16H24N2O2/c1-18(15(19)20-14-9-5-4-6-10-14)16(13-17)11-7-2-3-8-12-16/h4-6,9-10H,2-3,7-8,11-13,17H2,1H3. The second kappa shape index (κ2) is 6.75. The first-order valence-corrected chi connectivity index (χ1v) is 7.39. The minimum absolute atomic E-state index is 0.248. The van der Waals surface area contributed by atoms with Gasteiger partial charge in [0, 0.05) is 13.6 Å². The predicted molar refractivity (Wildman–Crippen MR) is 79.7 cm³/mol. The maximum Gasteiger partial charge on any atom is 0.415 e. The van der Waals surface area contributed by atoms with Crippen LogP contribution < -0.4 is 10.5 Å². The highest BCUT2D eigenvalue weighted by Crippen LogP contribution is 2.31. The lowest BCUT2D eigenvalue weighted by molar-refractivity contribution is 0.0923. The van der Waals surface area contributed by atoms with Crippen molar-refractivity contribution in [3.8, 4) is 5.75 Å². The largest absolute Gasteiger partial charge is 0.415 e. The molecule has 0 unspecified atom stereocenters. The number of likely N-dealkylation sites (N-methyl/N-ethyl adjacent to an activating group) is 1. The fourth-order valence-corrected chi connectivity index (χ4v) is 2.91. The number of ether oxygens (including phenoxy) is 1. The van der Waals surface area contributed by atoms with Crippen LogP contribution in [0.25, 0.3) is 0 Å². The van der Waals surface area contributed by atoms with Crippen LogP contribution in [0.2, 0.25) is 0 Å². The first-order valence-electron chi connectivity index (χ1n) is 7.39. The zero-order chi connectivity index (χ0) is 14.4. The van der Waals surface area contributed by atoms with E-state index in [0.717, 1.165) is 25.7 Å². The number of hydrogen-bond acceptors (Lipinski definition) is 3. The third kappa shape index (κ3) is 3.31. The summed E-state index contributed by atoms with van der Waals surface area (Å²) in [5.41, 5.74) is 5.74. The van der Waals surface area contributed by atoms with Crippen molar-refractivity contribution in [3.05, 3.63) is 30.3 Å². The fraction of sp³-hybridized carbons (Fsp3) is 0.562. The van der Waals surface area contributed by atoms with Crippen molar-refractivity contribution < 1.29 is 9.53 Å². The molecular formula is C16H24N2O2. The zero-order valence-corrected chi connectivity index (χ0v) is 12.2. The molecule has 4 heteroatoms.